The minimum Gasteiger partial charge on any atom is -0.462 e. The molecular weight excluding hydrogens is 961 g/mol. The third-order valence-electron chi connectivity index (χ3n) is 14.6. The molecule has 0 aromatic rings. The maximum absolute atomic E-state index is 12.9. The molecule has 0 rings (SSSR count). The Labute approximate surface area is 484 Å². The molecule has 0 saturated carbocycles. The highest BCUT2D eigenvalue weighted by molar-refractivity contribution is 5.71. The van der Waals surface area contributed by atoms with Gasteiger partial charge in [-0.2, -0.15) is 0 Å². The number of hydrogen-bond acceptors (Lipinski definition) is 6. The molecule has 0 radical (unpaired) electrons. The normalized spacial score (nSPS) is 12.6. The molecule has 0 aromatic heterocycles. The number of allylic oxidation sites excluding steroid dienone is 14. The average Bonchev–Trinajstić information content (AvgIpc) is 3.44. The van der Waals surface area contributed by atoms with Gasteiger partial charge in [0.1, 0.15) is 13.2 Å². The van der Waals surface area contributed by atoms with Gasteiger partial charge in [-0.05, 0) is 109 Å². The maximum atomic E-state index is 12.9. The van der Waals surface area contributed by atoms with Crippen LogP contribution in [-0.4, -0.2) is 37.2 Å². The molecule has 0 aliphatic rings. The number of carbonyl (C=O) groups excluding carboxylic acids is 3. The van der Waals surface area contributed by atoms with E-state index in [-0.39, 0.29) is 31.1 Å². The van der Waals surface area contributed by atoms with Gasteiger partial charge < -0.3 is 14.2 Å². The van der Waals surface area contributed by atoms with Crippen molar-refractivity contribution >= 4 is 17.9 Å². The smallest absolute Gasteiger partial charge is 0.306 e. The zero-order valence-corrected chi connectivity index (χ0v) is 51.7. The molecule has 450 valence electrons. The molecule has 1 unspecified atom stereocenters. The maximum Gasteiger partial charge on any atom is 0.306 e. The van der Waals surface area contributed by atoms with Crippen LogP contribution < -0.4 is 0 Å². The van der Waals surface area contributed by atoms with Gasteiger partial charge in [0.15, 0.2) is 6.10 Å². The van der Waals surface area contributed by atoms with Crippen LogP contribution in [0.4, 0.5) is 0 Å². The first-order valence-electron chi connectivity index (χ1n) is 33.6. The second-order valence-corrected chi connectivity index (χ2v) is 22.3. The van der Waals surface area contributed by atoms with Crippen LogP contribution in [0.1, 0.15) is 335 Å². The van der Waals surface area contributed by atoms with Crippen LogP contribution in [0.3, 0.4) is 0 Å². The van der Waals surface area contributed by atoms with Gasteiger partial charge >= 0.3 is 17.9 Å². The first kappa shape index (κ1) is 74.6. The molecule has 0 aromatic carbocycles. The number of esters is 3. The molecule has 0 heterocycles. The Kier molecular flexibility index (Phi) is 63.2. The van der Waals surface area contributed by atoms with E-state index in [1.54, 1.807) is 0 Å². The van der Waals surface area contributed by atoms with Crippen molar-refractivity contribution in [3.63, 3.8) is 0 Å². The second kappa shape index (κ2) is 66.1. The molecule has 0 spiro atoms. The fraction of sp³-hybridized carbons (Fsp3) is 0.764. The van der Waals surface area contributed by atoms with Gasteiger partial charge in [-0.1, -0.05) is 292 Å². The molecule has 0 amide bonds. The van der Waals surface area contributed by atoms with E-state index in [4.69, 9.17) is 14.2 Å². The number of hydrogen-bond donors (Lipinski definition) is 0. The Bertz CT molecular complexity index is 1480. The van der Waals surface area contributed by atoms with Crippen molar-refractivity contribution < 1.29 is 28.6 Å². The van der Waals surface area contributed by atoms with Gasteiger partial charge in [-0.25, -0.2) is 0 Å². The summed E-state index contributed by atoms with van der Waals surface area (Å²) in [6.45, 7) is 6.47. The monoisotopic (exact) mass is 1090 g/mol. The zero-order chi connectivity index (χ0) is 56.4. The van der Waals surface area contributed by atoms with Crippen molar-refractivity contribution in [3.05, 3.63) is 85.1 Å². The van der Waals surface area contributed by atoms with Crippen LogP contribution in [-0.2, 0) is 28.6 Å². The van der Waals surface area contributed by atoms with Crippen molar-refractivity contribution in [1.82, 2.24) is 0 Å². The summed E-state index contributed by atoms with van der Waals surface area (Å²) in [5.74, 6) is -0.896. The summed E-state index contributed by atoms with van der Waals surface area (Å²) in [6, 6.07) is 0. The molecule has 0 bridgehead atoms. The van der Waals surface area contributed by atoms with E-state index in [0.717, 1.165) is 116 Å². The highest BCUT2D eigenvalue weighted by Gasteiger charge is 2.19. The van der Waals surface area contributed by atoms with E-state index in [0.29, 0.717) is 19.3 Å². The predicted octanol–water partition coefficient (Wildman–Crippen LogP) is 23.1. The van der Waals surface area contributed by atoms with Gasteiger partial charge in [0.25, 0.3) is 0 Å². The Morgan fingerprint density at radius 3 is 0.846 bits per heavy atom. The quantitative estimate of drug-likeness (QED) is 0.0261. The highest BCUT2D eigenvalue weighted by Crippen LogP contribution is 2.17. The molecule has 0 aliphatic carbocycles. The molecule has 78 heavy (non-hydrogen) atoms. The summed E-state index contributed by atoms with van der Waals surface area (Å²) in [5, 5.41) is 0. The third-order valence-corrected chi connectivity index (χ3v) is 14.6. The van der Waals surface area contributed by atoms with E-state index >= 15 is 0 Å². The SMILES string of the molecule is CC/C=C\C/C=C\C/C=C\C/C=C\CCCCCCCCC(=O)OC(COC(=O)CCCCCCC/C=C\CCC)COC(=O)CCCCCCCCCCCCCCCCCCCCC/C=C\C/C=C\CCCCCCC. The van der Waals surface area contributed by atoms with E-state index in [1.807, 2.05) is 0 Å². The number of unbranched alkanes of at least 4 members (excludes halogenated alkanes) is 36. The minimum absolute atomic E-state index is 0.0827. The first-order valence-corrected chi connectivity index (χ1v) is 33.6. The van der Waals surface area contributed by atoms with E-state index in [2.05, 4.69) is 106 Å². The summed E-state index contributed by atoms with van der Waals surface area (Å²) in [4.78, 5) is 38.2. The van der Waals surface area contributed by atoms with Crippen molar-refractivity contribution in [2.75, 3.05) is 13.2 Å². The van der Waals surface area contributed by atoms with Crippen molar-refractivity contribution in [2.24, 2.45) is 0 Å². The molecular formula is C72H126O6. The lowest BCUT2D eigenvalue weighted by Crippen LogP contribution is -2.30. The van der Waals surface area contributed by atoms with Crippen LogP contribution >= 0.6 is 0 Å². The van der Waals surface area contributed by atoms with Crippen molar-refractivity contribution in [3.8, 4) is 0 Å². The standard InChI is InChI=1S/C72H126O6/c1-4-7-10-13-16-19-22-24-26-28-30-31-32-33-34-35-36-37-38-39-40-41-43-44-46-48-50-53-56-59-62-65-71(74)77-68-69(67-76-70(73)64-61-58-55-52-21-18-15-12-9-6-3)78-72(75)66-63-60-57-54-51-49-47-45-42-29-27-25-23-20-17-14-11-8-5-2/h8,11-12,15,17,20,22,24-25,27-28,30,42,45,69H,4-7,9-10,13-14,16,18-19,21,23,26,29,31-41,43-44,46-68H2,1-3H3/b11-8-,15-12-,20-17-,24-22-,27-25-,30-28-,45-42-. The van der Waals surface area contributed by atoms with Crippen LogP contribution in [0.5, 0.6) is 0 Å². The number of rotatable bonds is 61. The van der Waals surface area contributed by atoms with Crippen molar-refractivity contribution in [1.29, 1.82) is 0 Å². The number of carbonyl (C=O) groups is 3. The average molecular weight is 1090 g/mol. The molecule has 0 fully saturated rings. The van der Waals surface area contributed by atoms with Crippen LogP contribution in [0.15, 0.2) is 85.1 Å². The first-order chi connectivity index (χ1) is 38.5. The summed E-state index contributed by atoms with van der Waals surface area (Å²) in [5.41, 5.74) is 0. The Morgan fingerprint density at radius 1 is 0.269 bits per heavy atom. The summed E-state index contributed by atoms with van der Waals surface area (Å²) < 4.78 is 16.9. The lowest BCUT2D eigenvalue weighted by atomic mass is 10.0. The zero-order valence-electron chi connectivity index (χ0n) is 51.7. The third kappa shape index (κ3) is 63.4. The topological polar surface area (TPSA) is 78.9 Å². The van der Waals surface area contributed by atoms with Gasteiger partial charge in [0, 0.05) is 19.3 Å². The van der Waals surface area contributed by atoms with E-state index < -0.39 is 6.10 Å². The van der Waals surface area contributed by atoms with Gasteiger partial charge in [-0.15, -0.1) is 0 Å². The molecule has 6 nitrogen and oxygen atoms in total. The second-order valence-electron chi connectivity index (χ2n) is 22.3. The Balaban J connectivity index is 4.14. The van der Waals surface area contributed by atoms with Crippen molar-refractivity contribution in [2.45, 2.75) is 341 Å². The summed E-state index contributed by atoms with van der Waals surface area (Å²) in [7, 11) is 0. The van der Waals surface area contributed by atoms with E-state index in [1.165, 1.54) is 180 Å². The summed E-state index contributed by atoms with van der Waals surface area (Å²) in [6.07, 6.45) is 87.6. The molecule has 0 aliphatic heterocycles. The Morgan fingerprint density at radius 2 is 0.526 bits per heavy atom. The highest BCUT2D eigenvalue weighted by atomic mass is 16.6. The Hall–Kier alpha value is -3.41. The van der Waals surface area contributed by atoms with Gasteiger partial charge in [0.05, 0.1) is 0 Å². The fourth-order valence-electron chi connectivity index (χ4n) is 9.59. The summed E-state index contributed by atoms with van der Waals surface area (Å²) >= 11 is 0. The van der Waals surface area contributed by atoms with E-state index in [9.17, 15) is 14.4 Å². The van der Waals surface area contributed by atoms with Gasteiger partial charge in [0.2, 0.25) is 0 Å². The molecule has 1 atom stereocenters. The van der Waals surface area contributed by atoms with Crippen LogP contribution in [0, 0.1) is 0 Å². The molecule has 0 saturated heterocycles. The fourth-order valence-corrected chi connectivity index (χ4v) is 9.59. The van der Waals surface area contributed by atoms with Gasteiger partial charge in [-0.3, -0.25) is 14.4 Å². The molecule has 0 N–H and O–H groups in total. The lowest BCUT2D eigenvalue weighted by Gasteiger charge is -2.18. The predicted molar refractivity (Wildman–Crippen MR) is 339 cm³/mol. The number of ether oxygens (including phenoxy) is 3. The molecule has 6 heteroatoms. The van der Waals surface area contributed by atoms with Crippen LogP contribution in [0.2, 0.25) is 0 Å². The lowest BCUT2D eigenvalue weighted by molar-refractivity contribution is -0.167. The van der Waals surface area contributed by atoms with Crippen LogP contribution in [0.25, 0.3) is 0 Å². The minimum atomic E-state index is -0.787. The largest absolute Gasteiger partial charge is 0.462 e.